The van der Waals surface area contributed by atoms with Crippen molar-refractivity contribution in [3.8, 4) is 5.75 Å². The highest BCUT2D eigenvalue weighted by Gasteiger charge is 2.08. The Labute approximate surface area is 107 Å². The van der Waals surface area contributed by atoms with Crippen molar-refractivity contribution in [1.29, 1.82) is 0 Å². The van der Waals surface area contributed by atoms with Crippen LogP contribution in [0.5, 0.6) is 5.75 Å². The highest BCUT2D eigenvalue weighted by Crippen LogP contribution is 2.23. The number of hydrogen-bond donors (Lipinski definition) is 2. The van der Waals surface area contributed by atoms with Gasteiger partial charge in [-0.3, -0.25) is 0 Å². The van der Waals surface area contributed by atoms with Crippen LogP contribution in [0, 0.1) is 13.8 Å². The van der Waals surface area contributed by atoms with Crippen LogP contribution in [0.1, 0.15) is 35.4 Å². The van der Waals surface area contributed by atoms with E-state index < -0.39 is 0 Å². The molecule has 0 aliphatic rings. The van der Waals surface area contributed by atoms with Crippen molar-refractivity contribution in [2.24, 2.45) is 0 Å². The third kappa shape index (κ3) is 2.74. The summed E-state index contributed by atoms with van der Waals surface area (Å²) in [5.74, 6) is 1.32. The van der Waals surface area contributed by atoms with E-state index in [0.29, 0.717) is 5.75 Å². The number of benzene rings is 1. The fourth-order valence-corrected chi connectivity index (χ4v) is 2.06. The molecule has 0 saturated heterocycles. The van der Waals surface area contributed by atoms with Gasteiger partial charge in [-0.15, -0.1) is 0 Å². The molecule has 0 aliphatic heterocycles. The van der Waals surface area contributed by atoms with Crippen LogP contribution in [0.15, 0.2) is 34.9 Å². The van der Waals surface area contributed by atoms with E-state index in [-0.39, 0.29) is 6.04 Å². The lowest BCUT2D eigenvalue weighted by atomic mass is 10.1. The third-order valence-electron chi connectivity index (χ3n) is 3.13. The van der Waals surface area contributed by atoms with E-state index >= 15 is 0 Å². The van der Waals surface area contributed by atoms with Crippen LogP contribution >= 0.6 is 0 Å². The van der Waals surface area contributed by atoms with E-state index in [9.17, 15) is 5.11 Å². The summed E-state index contributed by atoms with van der Waals surface area (Å²) in [5, 5.41) is 13.1. The highest BCUT2D eigenvalue weighted by atomic mass is 16.3. The molecule has 1 heterocycles. The topological polar surface area (TPSA) is 45.4 Å². The molecular weight excluding hydrogens is 226 g/mol. The lowest BCUT2D eigenvalue weighted by Crippen LogP contribution is -2.17. The van der Waals surface area contributed by atoms with Gasteiger partial charge >= 0.3 is 0 Å². The Morgan fingerprint density at radius 1 is 1.28 bits per heavy atom. The van der Waals surface area contributed by atoms with Gasteiger partial charge in [0.15, 0.2) is 0 Å². The van der Waals surface area contributed by atoms with Crippen molar-refractivity contribution in [3.05, 3.63) is 53.0 Å². The van der Waals surface area contributed by atoms with Gasteiger partial charge in [0, 0.05) is 6.54 Å². The van der Waals surface area contributed by atoms with Crippen molar-refractivity contribution in [2.75, 3.05) is 0 Å². The number of nitrogens with one attached hydrogen (secondary N) is 1. The largest absolute Gasteiger partial charge is 0.507 e. The first-order valence-electron chi connectivity index (χ1n) is 6.14. The fourth-order valence-electron chi connectivity index (χ4n) is 2.06. The monoisotopic (exact) mass is 245 g/mol. The zero-order valence-corrected chi connectivity index (χ0v) is 11.0. The van der Waals surface area contributed by atoms with Gasteiger partial charge in [0.1, 0.15) is 11.5 Å². The van der Waals surface area contributed by atoms with Crippen molar-refractivity contribution in [1.82, 2.24) is 5.32 Å². The predicted molar refractivity (Wildman–Crippen MR) is 71.5 cm³/mol. The molecule has 0 fully saturated rings. The highest BCUT2D eigenvalue weighted by molar-refractivity contribution is 5.42. The molecule has 1 aromatic carbocycles. The summed E-state index contributed by atoms with van der Waals surface area (Å²) < 4.78 is 5.35. The Balaban J connectivity index is 2.02. The van der Waals surface area contributed by atoms with Crippen molar-refractivity contribution in [2.45, 2.75) is 33.4 Å². The molecule has 18 heavy (non-hydrogen) atoms. The van der Waals surface area contributed by atoms with Crippen molar-refractivity contribution >= 4 is 0 Å². The molecule has 1 aromatic heterocycles. The first-order valence-corrected chi connectivity index (χ1v) is 6.14. The molecular formula is C15H19NO2. The molecule has 2 aromatic rings. The summed E-state index contributed by atoms with van der Waals surface area (Å²) in [5.41, 5.74) is 3.00. The number of aromatic hydroxyl groups is 1. The first kappa shape index (κ1) is 12.7. The van der Waals surface area contributed by atoms with Crippen LogP contribution in [-0.4, -0.2) is 5.11 Å². The summed E-state index contributed by atoms with van der Waals surface area (Å²) in [6, 6.07) is 8.04. The van der Waals surface area contributed by atoms with Crippen molar-refractivity contribution in [3.63, 3.8) is 0 Å². The van der Waals surface area contributed by atoms with E-state index in [0.717, 1.165) is 23.4 Å². The molecule has 1 atom stereocenters. The molecule has 0 bridgehead atoms. The van der Waals surface area contributed by atoms with Crippen LogP contribution in [0.3, 0.4) is 0 Å². The minimum absolute atomic E-state index is 0.175. The second kappa shape index (κ2) is 5.27. The summed E-state index contributed by atoms with van der Waals surface area (Å²) in [6.45, 7) is 6.66. The summed E-state index contributed by atoms with van der Waals surface area (Å²) in [7, 11) is 0. The van der Waals surface area contributed by atoms with Gasteiger partial charge in [-0.25, -0.2) is 0 Å². The maximum absolute atomic E-state index is 9.72. The van der Waals surface area contributed by atoms with Gasteiger partial charge in [-0.1, -0.05) is 12.1 Å². The van der Waals surface area contributed by atoms with Gasteiger partial charge < -0.3 is 14.8 Å². The number of rotatable bonds is 4. The molecule has 96 valence electrons. The molecule has 3 heteroatoms. The average Bonchev–Trinajstić information content (AvgIpc) is 2.86. The first-order chi connectivity index (χ1) is 8.58. The van der Waals surface area contributed by atoms with Gasteiger partial charge in [-0.05, 0) is 49.6 Å². The lowest BCUT2D eigenvalue weighted by molar-refractivity contribution is 0.429. The van der Waals surface area contributed by atoms with E-state index in [4.69, 9.17) is 4.42 Å². The van der Waals surface area contributed by atoms with Gasteiger partial charge in [-0.2, -0.15) is 0 Å². The second-order valence-corrected chi connectivity index (χ2v) is 4.70. The van der Waals surface area contributed by atoms with E-state index in [1.54, 1.807) is 6.26 Å². The van der Waals surface area contributed by atoms with Crippen LogP contribution in [0.25, 0.3) is 0 Å². The molecule has 0 radical (unpaired) electrons. The summed E-state index contributed by atoms with van der Waals surface area (Å²) in [4.78, 5) is 0. The molecule has 2 N–H and O–H groups in total. The predicted octanol–water partition coefficient (Wildman–Crippen LogP) is 3.45. The Morgan fingerprint density at radius 3 is 2.50 bits per heavy atom. The smallest absolute Gasteiger partial charge is 0.121 e. The Hall–Kier alpha value is -1.74. The second-order valence-electron chi connectivity index (χ2n) is 4.70. The van der Waals surface area contributed by atoms with Crippen LogP contribution in [0.4, 0.5) is 0 Å². The SMILES string of the molecule is Cc1cc(CNC(C)c2ccco2)cc(C)c1O. The Bertz CT molecular complexity index is 494. The molecule has 2 rings (SSSR count). The Kier molecular flexibility index (Phi) is 3.72. The average molecular weight is 245 g/mol. The van der Waals surface area contributed by atoms with E-state index in [2.05, 4.69) is 12.2 Å². The number of furan rings is 1. The minimum Gasteiger partial charge on any atom is -0.507 e. The number of aryl methyl sites for hydroxylation is 2. The quantitative estimate of drug-likeness (QED) is 0.867. The molecule has 0 saturated carbocycles. The number of phenolic OH excluding ortho intramolecular Hbond substituents is 1. The molecule has 0 aliphatic carbocycles. The fraction of sp³-hybridized carbons (Fsp3) is 0.333. The van der Waals surface area contributed by atoms with Crippen LogP contribution < -0.4 is 5.32 Å². The summed E-state index contributed by atoms with van der Waals surface area (Å²) >= 11 is 0. The molecule has 0 amide bonds. The summed E-state index contributed by atoms with van der Waals surface area (Å²) in [6.07, 6.45) is 1.68. The van der Waals surface area contributed by atoms with E-state index in [1.807, 2.05) is 38.1 Å². The zero-order chi connectivity index (χ0) is 13.1. The number of hydrogen-bond acceptors (Lipinski definition) is 3. The standard InChI is InChI=1S/C15H19NO2/c1-10-7-13(8-11(2)15(10)17)9-16-12(3)14-5-4-6-18-14/h4-8,12,16-17H,9H2,1-3H3. The third-order valence-corrected chi connectivity index (χ3v) is 3.13. The van der Waals surface area contributed by atoms with E-state index in [1.165, 1.54) is 5.56 Å². The van der Waals surface area contributed by atoms with Gasteiger partial charge in [0.05, 0.1) is 12.3 Å². The zero-order valence-electron chi connectivity index (χ0n) is 11.0. The minimum atomic E-state index is 0.175. The molecule has 0 spiro atoms. The normalized spacial score (nSPS) is 12.6. The number of phenols is 1. The van der Waals surface area contributed by atoms with Crippen LogP contribution in [-0.2, 0) is 6.54 Å². The molecule has 3 nitrogen and oxygen atoms in total. The van der Waals surface area contributed by atoms with Gasteiger partial charge in [0.25, 0.3) is 0 Å². The van der Waals surface area contributed by atoms with Crippen molar-refractivity contribution < 1.29 is 9.52 Å². The molecule has 1 unspecified atom stereocenters. The lowest BCUT2D eigenvalue weighted by Gasteiger charge is -2.13. The maximum Gasteiger partial charge on any atom is 0.121 e. The van der Waals surface area contributed by atoms with Gasteiger partial charge in [0.2, 0.25) is 0 Å². The Morgan fingerprint density at radius 2 is 1.94 bits per heavy atom. The maximum atomic E-state index is 9.72. The van der Waals surface area contributed by atoms with Crippen LogP contribution in [0.2, 0.25) is 0 Å².